The molecule has 0 aliphatic carbocycles. The maximum Gasteiger partial charge on any atom is 0.258 e. The van der Waals surface area contributed by atoms with Gasteiger partial charge in [0.15, 0.2) is 15.0 Å². The summed E-state index contributed by atoms with van der Waals surface area (Å²) in [6, 6.07) is 9.91. The van der Waals surface area contributed by atoms with Crippen LogP contribution in [0.5, 0.6) is 0 Å². The fraction of sp³-hybridized carbons (Fsp3) is 0.250. The third-order valence-electron chi connectivity index (χ3n) is 4.77. The molecule has 1 aliphatic heterocycles. The average molecular weight is 462 g/mol. The lowest BCUT2D eigenvalue weighted by atomic mass is 10.1. The molecule has 0 bridgehead atoms. The number of fused-ring (bicyclic) bond motifs is 1. The second-order valence-corrected chi connectivity index (χ2v) is 10.8. The Bertz CT molecular complexity index is 1160. The first-order valence-electron chi connectivity index (χ1n) is 9.30. The molecular weight excluding hydrogens is 442 g/mol. The third-order valence-corrected chi connectivity index (χ3v) is 8.19. The van der Waals surface area contributed by atoms with Crippen molar-refractivity contribution in [2.45, 2.75) is 24.3 Å². The number of hydrogen-bond donors (Lipinski definition) is 1. The molecule has 0 atom stereocenters. The average Bonchev–Trinajstić information content (AvgIpc) is 3.41. The topological polar surface area (TPSA) is 96.4 Å². The molecule has 3 heterocycles. The van der Waals surface area contributed by atoms with Gasteiger partial charge in [0, 0.05) is 29.6 Å². The summed E-state index contributed by atoms with van der Waals surface area (Å²) in [5.41, 5.74) is 1.46. The van der Waals surface area contributed by atoms with E-state index in [1.54, 1.807) is 34.5 Å². The van der Waals surface area contributed by atoms with Crippen molar-refractivity contribution >= 4 is 49.5 Å². The summed E-state index contributed by atoms with van der Waals surface area (Å²) in [5.74, 6) is -0.622. The largest absolute Gasteiger partial charge is 0.337 e. The van der Waals surface area contributed by atoms with Crippen LogP contribution in [0.4, 0.5) is 5.13 Å². The number of sulfone groups is 1. The van der Waals surface area contributed by atoms with Crippen LogP contribution in [0.15, 0.2) is 52.1 Å². The van der Waals surface area contributed by atoms with E-state index in [1.165, 1.54) is 34.8 Å². The first-order valence-corrected chi connectivity index (χ1v) is 12.7. The summed E-state index contributed by atoms with van der Waals surface area (Å²) in [5, 5.41) is 6.92. The number of nitrogens with one attached hydrogen (secondary N) is 1. The van der Waals surface area contributed by atoms with Crippen LogP contribution in [-0.4, -0.2) is 42.4 Å². The molecule has 0 saturated carbocycles. The minimum absolute atomic E-state index is 0.0624. The van der Waals surface area contributed by atoms with Crippen molar-refractivity contribution in [2.75, 3.05) is 17.6 Å². The van der Waals surface area contributed by atoms with Gasteiger partial charge < -0.3 is 4.90 Å². The highest BCUT2D eigenvalue weighted by atomic mass is 32.2. The van der Waals surface area contributed by atoms with E-state index in [2.05, 4.69) is 10.3 Å². The van der Waals surface area contributed by atoms with Gasteiger partial charge in [0.2, 0.25) is 5.91 Å². The molecule has 0 saturated heterocycles. The van der Waals surface area contributed by atoms with E-state index in [-0.39, 0.29) is 28.9 Å². The van der Waals surface area contributed by atoms with Crippen LogP contribution in [0.2, 0.25) is 0 Å². The molecule has 0 unspecified atom stereocenters. The molecule has 30 heavy (non-hydrogen) atoms. The smallest absolute Gasteiger partial charge is 0.258 e. The molecule has 0 radical (unpaired) electrons. The summed E-state index contributed by atoms with van der Waals surface area (Å²) < 4.78 is 24.8. The lowest BCUT2D eigenvalue weighted by Gasteiger charge is -2.26. The van der Waals surface area contributed by atoms with E-state index in [9.17, 15) is 18.0 Å². The van der Waals surface area contributed by atoms with Gasteiger partial charge in [-0.3, -0.25) is 14.9 Å². The number of thiophene rings is 1. The fourth-order valence-electron chi connectivity index (χ4n) is 3.15. The van der Waals surface area contributed by atoms with Gasteiger partial charge in [-0.1, -0.05) is 29.5 Å². The van der Waals surface area contributed by atoms with Crippen molar-refractivity contribution in [3.05, 3.63) is 63.3 Å². The van der Waals surface area contributed by atoms with Crippen LogP contribution in [0, 0.1) is 0 Å². The Morgan fingerprint density at radius 3 is 2.70 bits per heavy atom. The fourth-order valence-corrected chi connectivity index (χ4v) is 6.06. The molecular formula is C20H19N3O4S3. The van der Waals surface area contributed by atoms with Crippen molar-refractivity contribution in [3.8, 4) is 0 Å². The van der Waals surface area contributed by atoms with E-state index < -0.39 is 9.84 Å². The monoisotopic (exact) mass is 461 g/mol. The molecule has 2 amide bonds. The maximum absolute atomic E-state index is 12.6. The van der Waals surface area contributed by atoms with Crippen LogP contribution >= 0.6 is 22.7 Å². The molecule has 1 N–H and O–H groups in total. The number of aromatic nitrogens is 1. The molecule has 0 spiro atoms. The number of hydrogen-bond acceptors (Lipinski definition) is 7. The van der Waals surface area contributed by atoms with Gasteiger partial charge in [-0.15, -0.1) is 0 Å². The Morgan fingerprint density at radius 2 is 1.97 bits per heavy atom. The van der Waals surface area contributed by atoms with E-state index in [0.29, 0.717) is 30.2 Å². The quantitative estimate of drug-likeness (QED) is 0.608. The minimum Gasteiger partial charge on any atom is -0.337 e. The SMILES string of the molecule is O=C(Nc1nc2c(s1)CN(C(=O)CCS(=O)(=O)c1ccccc1)CC2)c1ccsc1. The van der Waals surface area contributed by atoms with Crippen molar-refractivity contribution < 1.29 is 18.0 Å². The number of nitrogens with zero attached hydrogens (tertiary/aromatic N) is 2. The second kappa shape index (κ2) is 8.66. The molecule has 10 heteroatoms. The highest BCUT2D eigenvalue weighted by Crippen LogP contribution is 2.29. The Balaban J connectivity index is 1.36. The number of rotatable bonds is 6. The predicted octanol–water partition coefficient (Wildman–Crippen LogP) is 3.21. The zero-order chi connectivity index (χ0) is 21.1. The van der Waals surface area contributed by atoms with Crippen LogP contribution in [0.25, 0.3) is 0 Å². The molecule has 1 aromatic carbocycles. The van der Waals surface area contributed by atoms with Gasteiger partial charge in [-0.05, 0) is 23.6 Å². The lowest BCUT2D eigenvalue weighted by molar-refractivity contribution is -0.131. The summed E-state index contributed by atoms with van der Waals surface area (Å²) in [6.45, 7) is 0.865. The van der Waals surface area contributed by atoms with Crippen LogP contribution in [0.3, 0.4) is 0 Å². The molecule has 2 aromatic heterocycles. The van der Waals surface area contributed by atoms with Crippen molar-refractivity contribution in [2.24, 2.45) is 0 Å². The Labute approximate surface area is 182 Å². The highest BCUT2D eigenvalue weighted by molar-refractivity contribution is 7.91. The van der Waals surface area contributed by atoms with Gasteiger partial charge >= 0.3 is 0 Å². The summed E-state index contributed by atoms with van der Waals surface area (Å²) in [7, 11) is -3.49. The van der Waals surface area contributed by atoms with Crippen molar-refractivity contribution in [3.63, 3.8) is 0 Å². The zero-order valence-corrected chi connectivity index (χ0v) is 18.4. The molecule has 0 fully saturated rings. The number of carbonyl (C=O) groups excluding carboxylic acids is 2. The van der Waals surface area contributed by atoms with Crippen molar-refractivity contribution in [1.82, 2.24) is 9.88 Å². The summed E-state index contributed by atoms with van der Waals surface area (Å²) in [4.78, 5) is 32.1. The van der Waals surface area contributed by atoms with Crippen LogP contribution < -0.4 is 5.32 Å². The summed E-state index contributed by atoms with van der Waals surface area (Å²) in [6.07, 6.45) is 0.518. The first-order chi connectivity index (χ1) is 14.4. The standard InChI is InChI=1S/C20H19N3O4S3/c24-18(8-11-30(26,27)15-4-2-1-3-5-15)23-9-6-16-17(12-23)29-20(21-16)22-19(25)14-7-10-28-13-14/h1-5,7,10,13H,6,8-9,11-12H2,(H,21,22,25). The first kappa shape index (κ1) is 20.7. The number of anilines is 1. The zero-order valence-electron chi connectivity index (χ0n) is 15.9. The number of thiazole rings is 1. The molecule has 156 valence electrons. The van der Waals surface area contributed by atoms with Gasteiger partial charge in [-0.2, -0.15) is 11.3 Å². The third kappa shape index (κ3) is 4.61. The van der Waals surface area contributed by atoms with Gasteiger partial charge in [0.1, 0.15) is 0 Å². The molecule has 1 aliphatic rings. The number of amides is 2. The van der Waals surface area contributed by atoms with E-state index in [1.807, 2.05) is 5.38 Å². The van der Waals surface area contributed by atoms with Gasteiger partial charge in [0.05, 0.1) is 28.5 Å². The van der Waals surface area contributed by atoms with E-state index >= 15 is 0 Å². The molecule has 3 aromatic rings. The van der Waals surface area contributed by atoms with E-state index in [4.69, 9.17) is 0 Å². The Morgan fingerprint density at radius 1 is 1.17 bits per heavy atom. The number of benzene rings is 1. The summed E-state index contributed by atoms with van der Waals surface area (Å²) >= 11 is 2.80. The van der Waals surface area contributed by atoms with E-state index in [0.717, 1.165) is 10.6 Å². The highest BCUT2D eigenvalue weighted by Gasteiger charge is 2.26. The molecule has 4 rings (SSSR count). The van der Waals surface area contributed by atoms with Crippen molar-refractivity contribution in [1.29, 1.82) is 0 Å². The van der Waals surface area contributed by atoms with Gasteiger partial charge in [-0.25, -0.2) is 13.4 Å². The lowest BCUT2D eigenvalue weighted by Crippen LogP contribution is -2.36. The maximum atomic E-state index is 12.6. The second-order valence-electron chi connectivity index (χ2n) is 6.80. The predicted molar refractivity (Wildman–Crippen MR) is 117 cm³/mol. The Kier molecular flexibility index (Phi) is 5.98. The minimum atomic E-state index is -3.49. The van der Waals surface area contributed by atoms with Crippen LogP contribution in [-0.2, 0) is 27.6 Å². The van der Waals surface area contributed by atoms with Crippen LogP contribution in [0.1, 0.15) is 27.3 Å². The normalized spacial score (nSPS) is 13.7. The van der Waals surface area contributed by atoms with Gasteiger partial charge in [0.25, 0.3) is 5.91 Å². The number of carbonyl (C=O) groups is 2. The Hall–Kier alpha value is -2.56. The molecule has 7 nitrogen and oxygen atoms in total.